The highest BCUT2D eigenvalue weighted by Gasteiger charge is 2.23. The van der Waals surface area contributed by atoms with Crippen LogP contribution in [0.15, 0.2) is 4.52 Å². The zero-order valence-electron chi connectivity index (χ0n) is 9.49. The summed E-state index contributed by atoms with van der Waals surface area (Å²) in [6, 6.07) is 0.513. The van der Waals surface area contributed by atoms with Crippen LogP contribution in [0.5, 0.6) is 0 Å². The molecule has 84 valence electrons. The van der Waals surface area contributed by atoms with Gasteiger partial charge in [0.05, 0.1) is 0 Å². The Hall–Kier alpha value is -0.900. The maximum Gasteiger partial charge on any atom is 0.227 e. The monoisotopic (exact) mass is 209 g/mol. The summed E-state index contributed by atoms with van der Waals surface area (Å²) < 4.78 is 5.17. The predicted octanol–water partition coefficient (Wildman–Crippen LogP) is 1.56. The van der Waals surface area contributed by atoms with Crippen molar-refractivity contribution in [1.29, 1.82) is 0 Å². The van der Waals surface area contributed by atoms with Crippen LogP contribution in [-0.2, 0) is 12.8 Å². The molecule has 0 atom stereocenters. The Morgan fingerprint density at radius 2 is 2.27 bits per heavy atom. The van der Waals surface area contributed by atoms with E-state index in [1.807, 2.05) is 0 Å². The third kappa shape index (κ3) is 3.63. The van der Waals surface area contributed by atoms with Gasteiger partial charge in [-0.3, -0.25) is 0 Å². The van der Waals surface area contributed by atoms with Crippen LogP contribution in [-0.4, -0.2) is 22.7 Å². The molecule has 1 aromatic rings. The van der Waals surface area contributed by atoms with E-state index in [2.05, 4.69) is 29.3 Å². The number of nitrogens with zero attached hydrogens (tertiary/aromatic N) is 2. The van der Waals surface area contributed by atoms with Crippen molar-refractivity contribution in [2.75, 3.05) is 6.54 Å². The van der Waals surface area contributed by atoms with Crippen LogP contribution < -0.4 is 5.32 Å². The molecule has 1 heterocycles. The molecule has 0 radical (unpaired) electrons. The summed E-state index contributed by atoms with van der Waals surface area (Å²) in [6.07, 6.45) is 4.49. The Balaban J connectivity index is 1.73. The number of hydrogen-bond donors (Lipinski definition) is 1. The minimum atomic E-state index is 0.513. The lowest BCUT2D eigenvalue weighted by atomic mass is 10.3. The smallest absolute Gasteiger partial charge is 0.227 e. The zero-order chi connectivity index (χ0) is 10.7. The quantitative estimate of drug-likeness (QED) is 0.772. The molecule has 0 spiro atoms. The fraction of sp³-hybridized carbons (Fsp3) is 0.818. The highest BCUT2D eigenvalue weighted by molar-refractivity contribution is 4.92. The van der Waals surface area contributed by atoms with E-state index in [-0.39, 0.29) is 0 Å². The SMILES string of the molecule is CC(C)NCCc1nc(CC2CC2)no1. The molecule has 15 heavy (non-hydrogen) atoms. The van der Waals surface area contributed by atoms with Gasteiger partial charge in [0.2, 0.25) is 5.89 Å². The Kier molecular flexibility index (Phi) is 3.36. The van der Waals surface area contributed by atoms with Crippen molar-refractivity contribution >= 4 is 0 Å². The minimum Gasteiger partial charge on any atom is -0.339 e. The minimum absolute atomic E-state index is 0.513. The molecule has 4 nitrogen and oxygen atoms in total. The van der Waals surface area contributed by atoms with Gasteiger partial charge in [-0.25, -0.2) is 0 Å². The van der Waals surface area contributed by atoms with Crippen molar-refractivity contribution in [3.8, 4) is 0 Å². The maximum atomic E-state index is 5.17. The Bertz CT molecular complexity index is 305. The summed E-state index contributed by atoms with van der Waals surface area (Å²) in [4.78, 5) is 4.37. The van der Waals surface area contributed by atoms with Gasteiger partial charge >= 0.3 is 0 Å². The van der Waals surface area contributed by atoms with Crippen LogP contribution in [0.25, 0.3) is 0 Å². The van der Waals surface area contributed by atoms with Crippen LogP contribution in [0, 0.1) is 5.92 Å². The van der Waals surface area contributed by atoms with E-state index < -0.39 is 0 Å². The second-order valence-electron chi connectivity index (χ2n) is 4.61. The van der Waals surface area contributed by atoms with Gasteiger partial charge in [-0.1, -0.05) is 19.0 Å². The van der Waals surface area contributed by atoms with Gasteiger partial charge < -0.3 is 9.84 Å². The summed E-state index contributed by atoms with van der Waals surface area (Å²) in [5, 5.41) is 7.31. The van der Waals surface area contributed by atoms with Crippen molar-refractivity contribution in [1.82, 2.24) is 15.5 Å². The van der Waals surface area contributed by atoms with Crippen LogP contribution in [0.2, 0.25) is 0 Å². The van der Waals surface area contributed by atoms with E-state index in [1.165, 1.54) is 12.8 Å². The molecular formula is C11H19N3O. The second kappa shape index (κ2) is 4.75. The van der Waals surface area contributed by atoms with Gasteiger partial charge in [0.1, 0.15) is 0 Å². The first-order chi connectivity index (χ1) is 7.24. The van der Waals surface area contributed by atoms with E-state index in [9.17, 15) is 0 Å². The number of hydrogen-bond acceptors (Lipinski definition) is 4. The molecule has 1 aliphatic carbocycles. The number of aromatic nitrogens is 2. The van der Waals surface area contributed by atoms with Gasteiger partial charge in [0, 0.05) is 25.4 Å². The highest BCUT2D eigenvalue weighted by atomic mass is 16.5. The van der Waals surface area contributed by atoms with Gasteiger partial charge in [-0.2, -0.15) is 4.98 Å². The van der Waals surface area contributed by atoms with E-state index in [0.717, 1.165) is 37.0 Å². The molecule has 0 aliphatic heterocycles. The molecule has 0 unspecified atom stereocenters. The Labute approximate surface area is 90.4 Å². The Morgan fingerprint density at radius 1 is 1.47 bits per heavy atom. The lowest BCUT2D eigenvalue weighted by Crippen LogP contribution is -2.25. The fourth-order valence-electron chi connectivity index (χ4n) is 1.52. The first kappa shape index (κ1) is 10.6. The van der Waals surface area contributed by atoms with Crippen molar-refractivity contribution in [2.24, 2.45) is 5.92 Å². The third-order valence-electron chi connectivity index (χ3n) is 2.57. The summed E-state index contributed by atoms with van der Waals surface area (Å²) in [6.45, 7) is 5.17. The summed E-state index contributed by atoms with van der Waals surface area (Å²) >= 11 is 0. The van der Waals surface area contributed by atoms with Crippen molar-refractivity contribution < 1.29 is 4.52 Å². The molecular weight excluding hydrogens is 190 g/mol. The van der Waals surface area contributed by atoms with Crippen LogP contribution >= 0.6 is 0 Å². The molecule has 0 amide bonds. The van der Waals surface area contributed by atoms with Gasteiger partial charge in [0.15, 0.2) is 5.82 Å². The zero-order valence-corrected chi connectivity index (χ0v) is 9.49. The largest absolute Gasteiger partial charge is 0.339 e. The molecule has 0 bridgehead atoms. The second-order valence-corrected chi connectivity index (χ2v) is 4.61. The van der Waals surface area contributed by atoms with E-state index in [0.29, 0.717) is 6.04 Å². The normalized spacial score (nSPS) is 16.2. The number of nitrogens with one attached hydrogen (secondary N) is 1. The van der Waals surface area contributed by atoms with Crippen molar-refractivity contribution in [3.63, 3.8) is 0 Å². The molecule has 1 fully saturated rings. The third-order valence-corrected chi connectivity index (χ3v) is 2.57. The summed E-state index contributed by atoms with van der Waals surface area (Å²) in [5.41, 5.74) is 0. The van der Waals surface area contributed by atoms with Crippen molar-refractivity contribution in [3.05, 3.63) is 11.7 Å². The molecule has 2 rings (SSSR count). The average Bonchev–Trinajstić information content (AvgIpc) is 2.86. The molecule has 0 saturated heterocycles. The Morgan fingerprint density at radius 3 is 2.93 bits per heavy atom. The topological polar surface area (TPSA) is 51.0 Å². The predicted molar refractivity (Wildman–Crippen MR) is 57.6 cm³/mol. The molecule has 1 aromatic heterocycles. The van der Waals surface area contributed by atoms with Gasteiger partial charge in [-0.05, 0) is 18.8 Å². The van der Waals surface area contributed by atoms with E-state index in [4.69, 9.17) is 4.52 Å². The molecule has 4 heteroatoms. The van der Waals surface area contributed by atoms with E-state index in [1.54, 1.807) is 0 Å². The molecule has 0 aromatic carbocycles. The van der Waals surface area contributed by atoms with Crippen molar-refractivity contribution in [2.45, 2.75) is 45.6 Å². The highest BCUT2D eigenvalue weighted by Crippen LogP contribution is 2.31. The van der Waals surface area contributed by atoms with Gasteiger partial charge in [0.25, 0.3) is 0 Å². The van der Waals surface area contributed by atoms with Crippen LogP contribution in [0.3, 0.4) is 0 Å². The maximum absolute atomic E-state index is 5.17. The first-order valence-electron chi connectivity index (χ1n) is 5.79. The standard InChI is InChI=1S/C11H19N3O/c1-8(2)12-6-5-11-13-10(14-15-11)7-9-3-4-9/h8-9,12H,3-7H2,1-2H3. The first-order valence-corrected chi connectivity index (χ1v) is 5.79. The molecule has 1 aliphatic rings. The molecule has 1 saturated carbocycles. The lowest BCUT2D eigenvalue weighted by molar-refractivity contribution is 0.368. The van der Waals surface area contributed by atoms with Gasteiger partial charge in [-0.15, -0.1) is 0 Å². The molecule has 1 N–H and O–H groups in total. The van der Waals surface area contributed by atoms with Crippen LogP contribution in [0.1, 0.15) is 38.4 Å². The lowest BCUT2D eigenvalue weighted by Gasteiger charge is -2.04. The fourth-order valence-corrected chi connectivity index (χ4v) is 1.52. The number of rotatable bonds is 6. The summed E-state index contributed by atoms with van der Waals surface area (Å²) in [7, 11) is 0. The van der Waals surface area contributed by atoms with E-state index >= 15 is 0 Å². The summed E-state index contributed by atoms with van der Waals surface area (Å²) in [5.74, 6) is 2.47. The van der Waals surface area contributed by atoms with Crippen LogP contribution in [0.4, 0.5) is 0 Å². The average molecular weight is 209 g/mol.